The third-order valence-electron chi connectivity index (χ3n) is 4.08. The van der Waals surface area contributed by atoms with Gasteiger partial charge in [0.25, 0.3) is 11.8 Å². The highest BCUT2D eigenvalue weighted by Gasteiger charge is 2.15. The van der Waals surface area contributed by atoms with Gasteiger partial charge >= 0.3 is 0 Å². The first-order valence-electron chi connectivity index (χ1n) is 8.99. The standard InChI is InChI=1S/C22H17F3N2O4/c1-30-18-7-2-3-8-19(18)31-12-20(28)26-14-5-4-6-15(11-14)27-22(29)13-9-16(23)21(25)17(24)10-13/h2-11H,12H2,1H3,(H,26,28)(H,27,29). The molecule has 0 radical (unpaired) electrons. The lowest BCUT2D eigenvalue weighted by Crippen LogP contribution is -2.20. The number of hydrogen-bond donors (Lipinski definition) is 2. The zero-order valence-electron chi connectivity index (χ0n) is 16.2. The van der Waals surface area contributed by atoms with Gasteiger partial charge in [0.05, 0.1) is 7.11 Å². The van der Waals surface area contributed by atoms with Gasteiger partial charge in [0, 0.05) is 16.9 Å². The van der Waals surface area contributed by atoms with Crippen molar-refractivity contribution in [2.45, 2.75) is 0 Å². The molecule has 2 N–H and O–H groups in total. The molecule has 3 aromatic rings. The summed E-state index contributed by atoms with van der Waals surface area (Å²) in [6.45, 7) is -0.287. The van der Waals surface area contributed by atoms with E-state index in [-0.39, 0.29) is 12.3 Å². The lowest BCUT2D eigenvalue weighted by Gasteiger charge is -2.11. The number of carbonyl (C=O) groups is 2. The van der Waals surface area contributed by atoms with E-state index in [0.29, 0.717) is 29.3 Å². The van der Waals surface area contributed by atoms with Gasteiger partial charge in [-0.05, 0) is 42.5 Å². The molecule has 0 saturated carbocycles. The van der Waals surface area contributed by atoms with Crippen molar-refractivity contribution in [2.75, 3.05) is 24.4 Å². The summed E-state index contributed by atoms with van der Waals surface area (Å²) in [5.41, 5.74) is 0.206. The number of halogens is 3. The molecule has 0 fully saturated rings. The Kier molecular flexibility index (Phi) is 6.76. The summed E-state index contributed by atoms with van der Waals surface area (Å²) >= 11 is 0. The molecule has 0 aliphatic heterocycles. The first-order valence-corrected chi connectivity index (χ1v) is 8.99. The van der Waals surface area contributed by atoms with Gasteiger partial charge in [-0.25, -0.2) is 13.2 Å². The van der Waals surface area contributed by atoms with Gasteiger partial charge in [0.1, 0.15) is 0 Å². The SMILES string of the molecule is COc1ccccc1OCC(=O)Nc1cccc(NC(=O)c2cc(F)c(F)c(F)c2)c1. The molecule has 3 aromatic carbocycles. The molecule has 0 aliphatic rings. The van der Waals surface area contributed by atoms with Crippen LogP contribution in [0.25, 0.3) is 0 Å². The molecule has 0 spiro atoms. The van der Waals surface area contributed by atoms with Gasteiger partial charge in [0.2, 0.25) is 0 Å². The van der Waals surface area contributed by atoms with Crippen LogP contribution < -0.4 is 20.1 Å². The van der Waals surface area contributed by atoms with E-state index in [4.69, 9.17) is 9.47 Å². The van der Waals surface area contributed by atoms with E-state index >= 15 is 0 Å². The zero-order valence-corrected chi connectivity index (χ0v) is 16.2. The summed E-state index contributed by atoms with van der Waals surface area (Å²) in [7, 11) is 1.48. The third kappa shape index (κ3) is 5.53. The molecule has 31 heavy (non-hydrogen) atoms. The smallest absolute Gasteiger partial charge is 0.262 e. The molecule has 0 saturated heterocycles. The molecule has 2 amide bonds. The maximum atomic E-state index is 13.3. The molecular weight excluding hydrogens is 413 g/mol. The number of ether oxygens (including phenoxy) is 2. The fourth-order valence-corrected chi connectivity index (χ4v) is 2.64. The second-order valence-electron chi connectivity index (χ2n) is 6.28. The zero-order chi connectivity index (χ0) is 22.4. The topological polar surface area (TPSA) is 76.7 Å². The highest BCUT2D eigenvalue weighted by atomic mass is 19.2. The molecule has 3 rings (SSSR count). The fourth-order valence-electron chi connectivity index (χ4n) is 2.64. The van der Waals surface area contributed by atoms with E-state index in [0.717, 1.165) is 0 Å². The second-order valence-corrected chi connectivity index (χ2v) is 6.28. The number of nitrogens with one attached hydrogen (secondary N) is 2. The predicted molar refractivity (Wildman–Crippen MR) is 108 cm³/mol. The van der Waals surface area contributed by atoms with Gasteiger partial charge in [-0.2, -0.15) is 0 Å². The number of rotatable bonds is 7. The van der Waals surface area contributed by atoms with Crippen molar-refractivity contribution >= 4 is 23.2 Å². The number of benzene rings is 3. The van der Waals surface area contributed by atoms with Crippen LogP contribution in [0, 0.1) is 17.5 Å². The van der Waals surface area contributed by atoms with E-state index in [1.807, 2.05) is 0 Å². The average molecular weight is 430 g/mol. The van der Waals surface area contributed by atoms with E-state index in [2.05, 4.69) is 10.6 Å². The van der Waals surface area contributed by atoms with Crippen molar-refractivity contribution in [1.82, 2.24) is 0 Å². The molecule has 0 bridgehead atoms. The molecule has 6 nitrogen and oxygen atoms in total. The van der Waals surface area contributed by atoms with Crippen LogP contribution in [0.4, 0.5) is 24.5 Å². The maximum Gasteiger partial charge on any atom is 0.262 e. The number of anilines is 2. The van der Waals surface area contributed by atoms with Gasteiger partial charge < -0.3 is 20.1 Å². The Balaban J connectivity index is 1.62. The van der Waals surface area contributed by atoms with Crippen LogP contribution in [-0.2, 0) is 4.79 Å². The van der Waals surface area contributed by atoms with Crippen molar-refractivity contribution in [3.05, 3.63) is 83.7 Å². The van der Waals surface area contributed by atoms with Gasteiger partial charge in [-0.15, -0.1) is 0 Å². The van der Waals surface area contributed by atoms with Crippen LogP contribution in [0.5, 0.6) is 11.5 Å². The van der Waals surface area contributed by atoms with Crippen LogP contribution in [-0.4, -0.2) is 25.5 Å². The molecule has 160 valence electrons. The molecule has 0 atom stereocenters. The molecule has 9 heteroatoms. The van der Waals surface area contributed by atoms with Crippen molar-refractivity contribution in [3.63, 3.8) is 0 Å². The third-order valence-corrected chi connectivity index (χ3v) is 4.08. The lowest BCUT2D eigenvalue weighted by atomic mass is 10.2. The maximum absolute atomic E-state index is 13.3. The number of amides is 2. The summed E-state index contributed by atoms with van der Waals surface area (Å²) < 4.78 is 50.3. The van der Waals surface area contributed by atoms with Crippen molar-refractivity contribution in [2.24, 2.45) is 0 Å². The minimum absolute atomic E-state index is 0.249. The Morgan fingerprint density at radius 1 is 0.839 bits per heavy atom. The largest absolute Gasteiger partial charge is 0.493 e. The minimum Gasteiger partial charge on any atom is -0.493 e. The van der Waals surface area contributed by atoms with Crippen LogP contribution in [0.3, 0.4) is 0 Å². The highest BCUT2D eigenvalue weighted by molar-refractivity contribution is 6.04. The van der Waals surface area contributed by atoms with Crippen LogP contribution >= 0.6 is 0 Å². The molecule has 0 unspecified atom stereocenters. The van der Waals surface area contributed by atoms with Crippen molar-refractivity contribution in [1.29, 1.82) is 0 Å². The normalized spacial score (nSPS) is 10.3. The van der Waals surface area contributed by atoms with Crippen LogP contribution in [0.15, 0.2) is 60.7 Å². The Bertz CT molecular complexity index is 1100. The first kappa shape index (κ1) is 21.7. The Hall–Kier alpha value is -4.01. The van der Waals surface area contributed by atoms with E-state index < -0.39 is 34.8 Å². The summed E-state index contributed by atoms with van der Waals surface area (Å²) in [5, 5.41) is 5.03. The average Bonchev–Trinajstić information content (AvgIpc) is 2.76. The Morgan fingerprint density at radius 3 is 2.10 bits per heavy atom. The summed E-state index contributed by atoms with van der Waals surface area (Å²) in [6.07, 6.45) is 0. The van der Waals surface area contributed by atoms with E-state index in [1.54, 1.807) is 36.4 Å². The van der Waals surface area contributed by atoms with E-state index in [1.165, 1.54) is 19.2 Å². The van der Waals surface area contributed by atoms with Gasteiger partial charge in [0.15, 0.2) is 35.6 Å². The molecule has 0 aliphatic carbocycles. The highest BCUT2D eigenvalue weighted by Crippen LogP contribution is 2.25. The summed E-state index contributed by atoms with van der Waals surface area (Å²) in [5.74, 6) is -5.02. The number of carbonyl (C=O) groups excluding carboxylic acids is 2. The summed E-state index contributed by atoms with van der Waals surface area (Å²) in [4.78, 5) is 24.4. The van der Waals surface area contributed by atoms with E-state index in [9.17, 15) is 22.8 Å². The van der Waals surface area contributed by atoms with Crippen molar-refractivity contribution in [3.8, 4) is 11.5 Å². The minimum atomic E-state index is -1.66. The number of methoxy groups -OCH3 is 1. The molecule has 0 heterocycles. The monoisotopic (exact) mass is 430 g/mol. The first-order chi connectivity index (χ1) is 14.9. The summed E-state index contributed by atoms with van der Waals surface area (Å²) in [6, 6.07) is 14.1. The lowest BCUT2D eigenvalue weighted by molar-refractivity contribution is -0.118. The quantitative estimate of drug-likeness (QED) is 0.546. The van der Waals surface area contributed by atoms with Crippen molar-refractivity contribution < 1.29 is 32.2 Å². The Morgan fingerprint density at radius 2 is 1.45 bits per heavy atom. The second kappa shape index (κ2) is 9.66. The molecule has 0 aromatic heterocycles. The number of para-hydroxylation sites is 2. The Labute approximate surface area is 175 Å². The van der Waals surface area contributed by atoms with Crippen LogP contribution in [0.1, 0.15) is 10.4 Å². The number of hydrogen-bond acceptors (Lipinski definition) is 4. The predicted octanol–water partition coefficient (Wildman–Crippen LogP) is 4.38. The van der Waals surface area contributed by atoms with Gasteiger partial charge in [-0.3, -0.25) is 9.59 Å². The molecular formula is C22H17F3N2O4. The fraction of sp³-hybridized carbons (Fsp3) is 0.0909. The van der Waals surface area contributed by atoms with Gasteiger partial charge in [-0.1, -0.05) is 18.2 Å². The van der Waals surface area contributed by atoms with Crippen LogP contribution in [0.2, 0.25) is 0 Å².